The summed E-state index contributed by atoms with van der Waals surface area (Å²) in [5.74, 6) is 0. The highest BCUT2D eigenvalue weighted by molar-refractivity contribution is 5.89. The number of aromatic nitrogens is 2. The second-order valence-corrected chi connectivity index (χ2v) is 5.25. The van der Waals surface area contributed by atoms with Gasteiger partial charge in [0.2, 0.25) is 0 Å². The predicted octanol–water partition coefficient (Wildman–Crippen LogP) is 1.73. The van der Waals surface area contributed by atoms with Crippen molar-refractivity contribution in [3.05, 3.63) is 42.0 Å². The van der Waals surface area contributed by atoms with Crippen molar-refractivity contribution in [1.29, 1.82) is 0 Å². The standard InChI is InChI=1S/C15H19N5O/c1-16-15(21)18-12-4-3-11-5-6-20(14(11)7-12)9-13-8-19(2)10-17-13/h3-4,7-8,10H,5-6,9H2,1-2H3,(H2,16,18,21). The van der Waals surface area contributed by atoms with Gasteiger partial charge >= 0.3 is 6.03 Å². The Morgan fingerprint density at radius 1 is 1.43 bits per heavy atom. The fourth-order valence-electron chi connectivity index (χ4n) is 2.63. The topological polar surface area (TPSA) is 62.2 Å². The zero-order chi connectivity index (χ0) is 14.8. The van der Waals surface area contributed by atoms with E-state index in [0.29, 0.717) is 0 Å². The largest absolute Gasteiger partial charge is 0.365 e. The summed E-state index contributed by atoms with van der Waals surface area (Å²) in [7, 11) is 3.58. The first kappa shape index (κ1) is 13.5. The van der Waals surface area contributed by atoms with Gasteiger partial charge in [-0.05, 0) is 24.1 Å². The average Bonchev–Trinajstić information content (AvgIpc) is 3.06. The number of nitrogens with one attached hydrogen (secondary N) is 2. The van der Waals surface area contributed by atoms with Crippen LogP contribution in [-0.4, -0.2) is 29.2 Å². The van der Waals surface area contributed by atoms with Gasteiger partial charge in [-0.15, -0.1) is 0 Å². The molecule has 6 nitrogen and oxygen atoms in total. The SMILES string of the molecule is CNC(=O)Nc1ccc2c(c1)N(Cc1cn(C)cn1)CC2. The van der Waals surface area contributed by atoms with Crippen LogP contribution in [-0.2, 0) is 20.0 Å². The normalized spacial score (nSPS) is 13.1. The Hall–Kier alpha value is -2.50. The van der Waals surface area contributed by atoms with Crippen LogP contribution in [0.3, 0.4) is 0 Å². The summed E-state index contributed by atoms with van der Waals surface area (Å²) in [6, 6.07) is 5.85. The van der Waals surface area contributed by atoms with Crippen LogP contribution in [0, 0.1) is 0 Å². The van der Waals surface area contributed by atoms with E-state index in [0.717, 1.165) is 30.9 Å². The molecule has 0 fully saturated rings. The molecule has 6 heteroatoms. The van der Waals surface area contributed by atoms with Crippen LogP contribution in [0.15, 0.2) is 30.7 Å². The predicted molar refractivity (Wildman–Crippen MR) is 82.5 cm³/mol. The third kappa shape index (κ3) is 2.84. The Morgan fingerprint density at radius 2 is 2.29 bits per heavy atom. The molecule has 110 valence electrons. The van der Waals surface area contributed by atoms with Gasteiger partial charge in [0.25, 0.3) is 0 Å². The first-order chi connectivity index (χ1) is 10.2. The molecular weight excluding hydrogens is 266 g/mol. The summed E-state index contributed by atoms with van der Waals surface area (Å²) >= 11 is 0. The molecule has 0 radical (unpaired) electrons. The minimum Gasteiger partial charge on any atom is -0.365 e. The Balaban J connectivity index is 1.79. The highest BCUT2D eigenvalue weighted by Gasteiger charge is 2.20. The van der Waals surface area contributed by atoms with Crippen molar-refractivity contribution in [3.63, 3.8) is 0 Å². The molecule has 0 aliphatic carbocycles. The lowest BCUT2D eigenvalue weighted by molar-refractivity contribution is 0.254. The quantitative estimate of drug-likeness (QED) is 0.903. The molecule has 2 amide bonds. The fraction of sp³-hybridized carbons (Fsp3) is 0.333. The van der Waals surface area contributed by atoms with Gasteiger partial charge in [-0.25, -0.2) is 9.78 Å². The molecule has 3 rings (SSSR count). The lowest BCUT2D eigenvalue weighted by atomic mass is 10.1. The maximum absolute atomic E-state index is 11.4. The highest BCUT2D eigenvalue weighted by Crippen LogP contribution is 2.31. The minimum atomic E-state index is -0.204. The Kier molecular flexibility index (Phi) is 3.51. The van der Waals surface area contributed by atoms with Crippen molar-refractivity contribution >= 4 is 17.4 Å². The number of carbonyl (C=O) groups excluding carboxylic acids is 1. The lowest BCUT2D eigenvalue weighted by Gasteiger charge is -2.19. The molecule has 21 heavy (non-hydrogen) atoms. The van der Waals surface area contributed by atoms with Crippen molar-refractivity contribution in [1.82, 2.24) is 14.9 Å². The van der Waals surface area contributed by atoms with E-state index in [4.69, 9.17) is 0 Å². The molecule has 0 spiro atoms. The van der Waals surface area contributed by atoms with Crippen molar-refractivity contribution in [2.45, 2.75) is 13.0 Å². The van der Waals surface area contributed by atoms with Crippen LogP contribution in [0.5, 0.6) is 0 Å². The van der Waals surface area contributed by atoms with Crippen LogP contribution in [0.4, 0.5) is 16.2 Å². The molecule has 0 unspecified atom stereocenters. The molecule has 2 aromatic rings. The van der Waals surface area contributed by atoms with Crippen LogP contribution < -0.4 is 15.5 Å². The number of rotatable bonds is 3. The van der Waals surface area contributed by atoms with Gasteiger partial charge in [0.05, 0.1) is 18.6 Å². The van der Waals surface area contributed by atoms with Gasteiger partial charge < -0.3 is 20.1 Å². The summed E-state index contributed by atoms with van der Waals surface area (Å²) in [5.41, 5.74) is 4.35. The molecule has 0 saturated heterocycles. The van der Waals surface area contributed by atoms with E-state index < -0.39 is 0 Å². The van der Waals surface area contributed by atoms with Crippen molar-refractivity contribution in [2.75, 3.05) is 23.8 Å². The number of fused-ring (bicyclic) bond motifs is 1. The monoisotopic (exact) mass is 285 g/mol. The van der Waals surface area contributed by atoms with Gasteiger partial charge in [0, 0.05) is 38.2 Å². The number of hydrogen-bond acceptors (Lipinski definition) is 3. The maximum atomic E-state index is 11.4. The van der Waals surface area contributed by atoms with Crippen molar-refractivity contribution < 1.29 is 4.79 Å². The van der Waals surface area contributed by atoms with E-state index in [9.17, 15) is 4.79 Å². The van der Waals surface area contributed by atoms with Gasteiger partial charge in [-0.1, -0.05) is 6.07 Å². The molecular formula is C15H19N5O. The van der Waals surface area contributed by atoms with Crippen molar-refractivity contribution in [3.8, 4) is 0 Å². The van der Waals surface area contributed by atoms with Gasteiger partial charge in [0.1, 0.15) is 0 Å². The third-order valence-corrected chi connectivity index (χ3v) is 3.67. The molecule has 0 bridgehead atoms. The fourth-order valence-corrected chi connectivity index (χ4v) is 2.63. The number of anilines is 2. The maximum Gasteiger partial charge on any atom is 0.318 e. The van der Waals surface area contributed by atoms with Crippen LogP contribution in [0.25, 0.3) is 0 Å². The minimum absolute atomic E-state index is 0.204. The zero-order valence-electron chi connectivity index (χ0n) is 12.3. The third-order valence-electron chi connectivity index (χ3n) is 3.67. The lowest BCUT2D eigenvalue weighted by Crippen LogP contribution is -2.24. The summed E-state index contributed by atoms with van der Waals surface area (Å²) < 4.78 is 1.95. The van der Waals surface area contributed by atoms with Crippen LogP contribution in [0.2, 0.25) is 0 Å². The van der Waals surface area contributed by atoms with Crippen LogP contribution >= 0.6 is 0 Å². The second-order valence-electron chi connectivity index (χ2n) is 5.25. The summed E-state index contributed by atoms with van der Waals surface area (Å²) in [6.45, 7) is 1.77. The van der Waals surface area contributed by atoms with E-state index in [1.807, 2.05) is 36.3 Å². The zero-order valence-corrected chi connectivity index (χ0v) is 12.3. The smallest absolute Gasteiger partial charge is 0.318 e. The Bertz CT molecular complexity index is 664. The Labute approximate surface area is 123 Å². The van der Waals surface area contributed by atoms with Gasteiger partial charge in [-0.3, -0.25) is 0 Å². The number of urea groups is 1. The number of benzene rings is 1. The molecule has 2 heterocycles. The van der Waals surface area contributed by atoms with Gasteiger partial charge in [0.15, 0.2) is 0 Å². The van der Waals surface area contributed by atoms with Crippen molar-refractivity contribution in [2.24, 2.45) is 7.05 Å². The molecule has 1 aromatic carbocycles. The summed E-state index contributed by atoms with van der Waals surface area (Å²) in [5, 5.41) is 5.37. The highest BCUT2D eigenvalue weighted by atomic mass is 16.2. The summed E-state index contributed by atoms with van der Waals surface area (Å²) in [4.78, 5) is 18.1. The molecule has 2 N–H and O–H groups in total. The van der Waals surface area contributed by atoms with Crippen LogP contribution in [0.1, 0.15) is 11.3 Å². The first-order valence-corrected chi connectivity index (χ1v) is 6.99. The summed E-state index contributed by atoms with van der Waals surface area (Å²) in [6.07, 6.45) is 4.88. The molecule has 1 aromatic heterocycles. The van der Waals surface area contributed by atoms with E-state index in [1.165, 1.54) is 11.3 Å². The number of imidazole rings is 1. The molecule has 0 atom stereocenters. The van der Waals surface area contributed by atoms with E-state index in [2.05, 4.69) is 26.6 Å². The number of hydrogen-bond donors (Lipinski definition) is 2. The second kappa shape index (κ2) is 5.47. The molecule has 1 aliphatic heterocycles. The first-order valence-electron chi connectivity index (χ1n) is 6.99. The number of nitrogens with zero attached hydrogens (tertiary/aromatic N) is 3. The van der Waals surface area contributed by atoms with Gasteiger partial charge in [-0.2, -0.15) is 0 Å². The molecule has 1 aliphatic rings. The average molecular weight is 285 g/mol. The number of amides is 2. The van der Waals surface area contributed by atoms with E-state index >= 15 is 0 Å². The number of aryl methyl sites for hydroxylation is 1. The van der Waals surface area contributed by atoms with E-state index in [1.54, 1.807) is 7.05 Å². The number of carbonyl (C=O) groups is 1. The molecule has 0 saturated carbocycles. The Morgan fingerprint density at radius 3 is 3.00 bits per heavy atom. The van der Waals surface area contributed by atoms with E-state index in [-0.39, 0.29) is 6.03 Å².